The average Bonchev–Trinajstić information content (AvgIpc) is 3.36. The van der Waals surface area contributed by atoms with Gasteiger partial charge >= 0.3 is 0 Å². The van der Waals surface area contributed by atoms with Gasteiger partial charge in [0.15, 0.2) is 11.5 Å². The third-order valence-corrected chi connectivity index (χ3v) is 5.36. The van der Waals surface area contributed by atoms with E-state index in [2.05, 4.69) is 0 Å². The van der Waals surface area contributed by atoms with E-state index in [1.54, 1.807) is 56.7 Å². The van der Waals surface area contributed by atoms with Crippen LogP contribution in [0, 0.1) is 0 Å². The van der Waals surface area contributed by atoms with Crippen LogP contribution in [0.1, 0.15) is 23.6 Å². The van der Waals surface area contributed by atoms with Gasteiger partial charge in [0, 0.05) is 25.8 Å². The Morgan fingerprint density at radius 3 is 2.55 bits per heavy atom. The Labute approximate surface area is 179 Å². The molecule has 8 nitrogen and oxygen atoms in total. The maximum absolute atomic E-state index is 13.0. The van der Waals surface area contributed by atoms with E-state index in [-0.39, 0.29) is 18.1 Å². The van der Waals surface area contributed by atoms with Crippen molar-refractivity contribution in [2.45, 2.75) is 12.5 Å². The molecule has 8 heteroatoms. The minimum atomic E-state index is -0.729. The number of hydrogen-bond acceptors (Lipinski definition) is 7. The molecule has 2 aromatic carbocycles. The summed E-state index contributed by atoms with van der Waals surface area (Å²) < 4.78 is 21.0. The lowest BCUT2D eigenvalue weighted by atomic mass is 9.95. The van der Waals surface area contributed by atoms with Gasteiger partial charge in [-0.05, 0) is 42.3 Å². The van der Waals surface area contributed by atoms with Crippen LogP contribution < -0.4 is 14.2 Å². The van der Waals surface area contributed by atoms with Crippen LogP contribution in [0.5, 0.6) is 17.2 Å². The maximum atomic E-state index is 13.0. The zero-order valence-electron chi connectivity index (χ0n) is 17.3. The molecule has 4 rings (SSSR count). The van der Waals surface area contributed by atoms with Crippen molar-refractivity contribution in [3.63, 3.8) is 0 Å². The SMILES string of the molecule is COCCCN1C(=O)C(=O)/C(=C(\O)c2ccc3c(c2)OCO3)C1c1ccc(OC)cc1. The molecule has 1 amide bonds. The van der Waals surface area contributed by atoms with Crippen molar-refractivity contribution < 1.29 is 33.6 Å². The molecule has 1 saturated heterocycles. The van der Waals surface area contributed by atoms with Crippen molar-refractivity contribution in [2.24, 2.45) is 0 Å². The van der Waals surface area contributed by atoms with Crippen molar-refractivity contribution in [1.29, 1.82) is 0 Å². The zero-order chi connectivity index (χ0) is 22.0. The van der Waals surface area contributed by atoms with Crippen LogP contribution in [0.3, 0.4) is 0 Å². The number of amides is 1. The number of rotatable bonds is 7. The standard InChI is InChI=1S/C23H23NO7/c1-28-11-3-10-24-20(14-4-7-16(29-2)8-5-14)19(22(26)23(24)27)21(25)15-6-9-17-18(12-15)31-13-30-17/h4-9,12,20,25H,3,10-11,13H2,1-2H3/b21-19-. The summed E-state index contributed by atoms with van der Waals surface area (Å²) in [5, 5.41) is 11.1. The first-order chi connectivity index (χ1) is 15.0. The molecule has 162 valence electrons. The summed E-state index contributed by atoms with van der Waals surface area (Å²) in [7, 11) is 3.14. The fourth-order valence-electron chi connectivity index (χ4n) is 3.82. The summed E-state index contributed by atoms with van der Waals surface area (Å²) in [5.41, 5.74) is 1.10. The highest BCUT2D eigenvalue weighted by Crippen LogP contribution is 2.41. The molecule has 2 aliphatic rings. The maximum Gasteiger partial charge on any atom is 0.295 e. The average molecular weight is 425 g/mol. The first-order valence-corrected chi connectivity index (χ1v) is 9.86. The number of aliphatic hydroxyl groups excluding tert-OH is 1. The van der Waals surface area contributed by atoms with Gasteiger partial charge in [-0.15, -0.1) is 0 Å². The Morgan fingerprint density at radius 1 is 1.10 bits per heavy atom. The summed E-state index contributed by atoms with van der Waals surface area (Å²) in [4.78, 5) is 27.3. The van der Waals surface area contributed by atoms with Gasteiger partial charge in [0.25, 0.3) is 11.7 Å². The van der Waals surface area contributed by atoms with Crippen molar-refractivity contribution in [2.75, 3.05) is 34.2 Å². The lowest BCUT2D eigenvalue weighted by molar-refractivity contribution is -0.140. The largest absolute Gasteiger partial charge is 0.507 e. The van der Waals surface area contributed by atoms with Gasteiger partial charge in [0.2, 0.25) is 6.79 Å². The summed E-state index contributed by atoms with van der Waals surface area (Å²) in [6, 6.07) is 11.2. The Bertz CT molecular complexity index is 1030. The van der Waals surface area contributed by atoms with E-state index in [1.165, 1.54) is 4.90 Å². The number of hydrogen-bond donors (Lipinski definition) is 1. The van der Waals surface area contributed by atoms with Crippen LogP contribution in [0.25, 0.3) is 5.76 Å². The Morgan fingerprint density at radius 2 is 1.84 bits per heavy atom. The predicted molar refractivity (Wildman–Crippen MR) is 111 cm³/mol. The molecule has 0 saturated carbocycles. The second-order valence-electron chi connectivity index (χ2n) is 7.18. The minimum absolute atomic E-state index is 0.0337. The third-order valence-electron chi connectivity index (χ3n) is 5.36. The van der Waals surface area contributed by atoms with Crippen molar-refractivity contribution in [3.05, 3.63) is 59.2 Å². The highest BCUT2D eigenvalue weighted by atomic mass is 16.7. The second-order valence-corrected chi connectivity index (χ2v) is 7.18. The number of ketones is 1. The zero-order valence-corrected chi connectivity index (χ0v) is 17.3. The van der Waals surface area contributed by atoms with Crippen LogP contribution in [0.15, 0.2) is 48.0 Å². The molecule has 1 atom stereocenters. The fraction of sp³-hybridized carbons (Fsp3) is 0.304. The van der Waals surface area contributed by atoms with Crippen LogP contribution in [-0.4, -0.2) is 55.9 Å². The number of benzene rings is 2. The lowest BCUT2D eigenvalue weighted by Gasteiger charge is -2.25. The molecule has 0 radical (unpaired) electrons. The van der Waals surface area contributed by atoms with Gasteiger partial charge < -0.3 is 29.0 Å². The summed E-state index contributed by atoms with van der Waals surface area (Å²) in [6.07, 6.45) is 0.556. The first kappa shape index (κ1) is 20.7. The molecular weight excluding hydrogens is 402 g/mol. The molecule has 2 aliphatic heterocycles. The molecule has 1 unspecified atom stereocenters. The Hall–Kier alpha value is -3.52. The molecular formula is C23H23NO7. The monoisotopic (exact) mass is 425 g/mol. The number of nitrogens with zero attached hydrogens (tertiary/aromatic N) is 1. The normalized spacial score (nSPS) is 19.2. The quantitative estimate of drug-likeness (QED) is 0.315. The minimum Gasteiger partial charge on any atom is -0.507 e. The van der Waals surface area contributed by atoms with Gasteiger partial charge in [-0.2, -0.15) is 0 Å². The van der Waals surface area contributed by atoms with E-state index >= 15 is 0 Å². The molecule has 1 fully saturated rings. The predicted octanol–water partition coefficient (Wildman–Crippen LogP) is 2.88. The van der Waals surface area contributed by atoms with Crippen LogP contribution in [0.4, 0.5) is 0 Å². The molecule has 0 aromatic heterocycles. The summed E-state index contributed by atoms with van der Waals surface area (Å²) in [6.45, 7) is 0.850. The molecule has 2 aromatic rings. The van der Waals surface area contributed by atoms with E-state index < -0.39 is 17.7 Å². The van der Waals surface area contributed by atoms with Crippen LogP contribution in [-0.2, 0) is 14.3 Å². The number of carbonyl (C=O) groups excluding carboxylic acids is 2. The van der Waals surface area contributed by atoms with Crippen LogP contribution in [0.2, 0.25) is 0 Å². The van der Waals surface area contributed by atoms with Crippen molar-refractivity contribution in [1.82, 2.24) is 4.90 Å². The number of fused-ring (bicyclic) bond motifs is 1. The van der Waals surface area contributed by atoms with E-state index in [0.717, 1.165) is 0 Å². The summed E-state index contributed by atoms with van der Waals surface area (Å²) in [5.74, 6) is 0.0397. The van der Waals surface area contributed by atoms with Gasteiger partial charge in [-0.25, -0.2) is 0 Å². The number of methoxy groups -OCH3 is 2. The van der Waals surface area contributed by atoms with Gasteiger partial charge in [-0.3, -0.25) is 9.59 Å². The lowest BCUT2D eigenvalue weighted by Crippen LogP contribution is -2.31. The van der Waals surface area contributed by atoms with Gasteiger partial charge in [-0.1, -0.05) is 12.1 Å². The van der Waals surface area contributed by atoms with E-state index in [9.17, 15) is 14.7 Å². The molecule has 31 heavy (non-hydrogen) atoms. The molecule has 1 N–H and O–H groups in total. The molecule has 0 aliphatic carbocycles. The summed E-state index contributed by atoms with van der Waals surface area (Å²) >= 11 is 0. The Balaban J connectivity index is 1.79. The highest BCUT2D eigenvalue weighted by Gasteiger charge is 2.45. The third kappa shape index (κ3) is 3.82. The van der Waals surface area contributed by atoms with Crippen LogP contribution >= 0.6 is 0 Å². The topological polar surface area (TPSA) is 94.5 Å². The highest BCUT2D eigenvalue weighted by molar-refractivity contribution is 6.46. The fourth-order valence-corrected chi connectivity index (χ4v) is 3.82. The molecule has 0 spiro atoms. The van der Waals surface area contributed by atoms with Gasteiger partial charge in [0.05, 0.1) is 18.7 Å². The van der Waals surface area contributed by atoms with E-state index in [1.807, 2.05) is 0 Å². The number of aliphatic hydroxyl groups is 1. The number of carbonyl (C=O) groups is 2. The number of ether oxygens (including phenoxy) is 4. The first-order valence-electron chi connectivity index (χ1n) is 9.86. The molecule has 0 bridgehead atoms. The van der Waals surface area contributed by atoms with Crippen molar-refractivity contribution >= 4 is 17.4 Å². The Kier molecular flexibility index (Phi) is 5.81. The van der Waals surface area contributed by atoms with E-state index in [0.29, 0.717) is 47.9 Å². The second kappa shape index (κ2) is 8.69. The number of likely N-dealkylation sites (tertiary alicyclic amines) is 1. The smallest absolute Gasteiger partial charge is 0.295 e. The number of Topliss-reactive ketones (excluding diaryl/α,β-unsaturated/α-hetero) is 1. The van der Waals surface area contributed by atoms with Crippen molar-refractivity contribution in [3.8, 4) is 17.2 Å². The van der Waals surface area contributed by atoms with Gasteiger partial charge in [0.1, 0.15) is 11.5 Å². The molecule has 2 heterocycles. The van der Waals surface area contributed by atoms with E-state index in [4.69, 9.17) is 18.9 Å².